The van der Waals surface area contributed by atoms with Gasteiger partial charge in [-0.3, -0.25) is 0 Å². The highest BCUT2D eigenvalue weighted by Crippen LogP contribution is 2.30. The Morgan fingerprint density at radius 1 is 1.29 bits per heavy atom. The van der Waals surface area contributed by atoms with Gasteiger partial charge >= 0.3 is 0 Å². The molecule has 1 aromatic carbocycles. The number of nitrogens with one attached hydrogen (secondary N) is 2. The lowest BCUT2D eigenvalue weighted by Crippen LogP contribution is -2.37. The highest BCUT2D eigenvalue weighted by atomic mass is 127. The van der Waals surface area contributed by atoms with Crippen molar-refractivity contribution in [1.82, 2.24) is 10.6 Å². The number of rotatable bonds is 7. The second kappa shape index (κ2) is 11.2. The summed E-state index contributed by atoms with van der Waals surface area (Å²) in [6.45, 7) is 7.68. The number of hydrogen-bond donors (Lipinski definition) is 2. The maximum absolute atomic E-state index is 5.39. The van der Waals surface area contributed by atoms with Crippen LogP contribution in [0.1, 0.15) is 12.5 Å². The highest BCUT2D eigenvalue weighted by Gasteiger charge is 2.08. The zero-order valence-electron chi connectivity index (χ0n) is 12.8. The molecule has 5 nitrogen and oxygen atoms in total. The van der Waals surface area contributed by atoms with Crippen LogP contribution >= 0.6 is 24.0 Å². The molecule has 0 aromatic heterocycles. The first-order valence-corrected chi connectivity index (χ1v) is 6.59. The van der Waals surface area contributed by atoms with Crippen LogP contribution in [0.4, 0.5) is 0 Å². The molecule has 6 heteroatoms. The predicted octanol–water partition coefficient (Wildman–Crippen LogP) is 2.56. The standard InChI is InChI=1S/C15H23N3O2.HI/c1-5-10-17-15(16-6-2)18-11-12-8-7-9-13(19-3)14(12)20-4;/h5,7-9H,1,6,10-11H2,2-4H3,(H2,16,17,18);1H. The van der Waals surface area contributed by atoms with Gasteiger partial charge in [0.15, 0.2) is 17.5 Å². The van der Waals surface area contributed by atoms with E-state index >= 15 is 0 Å². The Kier molecular flexibility index (Phi) is 10.5. The first-order valence-electron chi connectivity index (χ1n) is 6.59. The molecule has 0 heterocycles. The average molecular weight is 405 g/mol. The fraction of sp³-hybridized carbons (Fsp3) is 0.400. The molecule has 0 amide bonds. The average Bonchev–Trinajstić information content (AvgIpc) is 2.49. The molecule has 0 aliphatic carbocycles. The van der Waals surface area contributed by atoms with Crippen LogP contribution in [0.15, 0.2) is 35.8 Å². The summed E-state index contributed by atoms with van der Waals surface area (Å²) in [5.74, 6) is 2.18. The SMILES string of the molecule is C=CCNC(=NCc1cccc(OC)c1OC)NCC.I. The summed E-state index contributed by atoms with van der Waals surface area (Å²) in [5, 5.41) is 6.33. The molecular weight excluding hydrogens is 381 g/mol. The van der Waals surface area contributed by atoms with Crippen LogP contribution in [0.2, 0.25) is 0 Å². The van der Waals surface area contributed by atoms with Crippen LogP contribution in [0.5, 0.6) is 11.5 Å². The van der Waals surface area contributed by atoms with Crippen LogP contribution in [-0.4, -0.2) is 33.3 Å². The molecule has 0 aliphatic heterocycles. The van der Waals surface area contributed by atoms with Gasteiger partial charge in [0.05, 0.1) is 20.8 Å². The Hall–Kier alpha value is -1.44. The van der Waals surface area contributed by atoms with E-state index in [9.17, 15) is 0 Å². The Morgan fingerprint density at radius 3 is 2.62 bits per heavy atom. The van der Waals surface area contributed by atoms with E-state index in [4.69, 9.17) is 9.47 Å². The molecule has 21 heavy (non-hydrogen) atoms. The molecule has 2 N–H and O–H groups in total. The van der Waals surface area contributed by atoms with E-state index in [-0.39, 0.29) is 24.0 Å². The summed E-state index contributed by atoms with van der Waals surface area (Å²) in [7, 11) is 3.26. The van der Waals surface area contributed by atoms with Gasteiger partial charge in [-0.2, -0.15) is 0 Å². The number of para-hydroxylation sites is 1. The van der Waals surface area contributed by atoms with Crippen molar-refractivity contribution in [3.63, 3.8) is 0 Å². The third-order valence-corrected chi connectivity index (χ3v) is 2.65. The number of nitrogens with zero attached hydrogens (tertiary/aromatic N) is 1. The zero-order chi connectivity index (χ0) is 14.8. The summed E-state index contributed by atoms with van der Waals surface area (Å²) in [5.41, 5.74) is 0.975. The Morgan fingerprint density at radius 2 is 2.05 bits per heavy atom. The predicted molar refractivity (Wildman–Crippen MR) is 98.0 cm³/mol. The summed E-state index contributed by atoms with van der Waals surface area (Å²) in [6, 6.07) is 5.77. The van der Waals surface area contributed by atoms with Gasteiger partial charge in [0.1, 0.15) is 0 Å². The Balaban J connectivity index is 0.00000400. The molecule has 0 aliphatic rings. The van der Waals surface area contributed by atoms with Gasteiger partial charge < -0.3 is 20.1 Å². The van der Waals surface area contributed by atoms with Crippen molar-refractivity contribution in [2.24, 2.45) is 4.99 Å². The van der Waals surface area contributed by atoms with Crippen LogP contribution in [0, 0.1) is 0 Å². The maximum Gasteiger partial charge on any atom is 0.191 e. The second-order valence-corrected chi connectivity index (χ2v) is 4.02. The molecule has 0 fully saturated rings. The lowest BCUT2D eigenvalue weighted by Gasteiger charge is -2.13. The number of aliphatic imine (C=N–C) groups is 1. The third-order valence-electron chi connectivity index (χ3n) is 2.65. The summed E-state index contributed by atoms with van der Waals surface area (Å²) in [4.78, 5) is 4.52. The minimum atomic E-state index is 0. The fourth-order valence-corrected chi connectivity index (χ4v) is 1.75. The minimum absolute atomic E-state index is 0. The second-order valence-electron chi connectivity index (χ2n) is 4.02. The van der Waals surface area contributed by atoms with Gasteiger partial charge in [-0.25, -0.2) is 4.99 Å². The van der Waals surface area contributed by atoms with E-state index in [1.54, 1.807) is 20.3 Å². The van der Waals surface area contributed by atoms with Crippen molar-refractivity contribution >= 4 is 29.9 Å². The molecule has 0 saturated heterocycles. The van der Waals surface area contributed by atoms with Crippen molar-refractivity contribution in [3.8, 4) is 11.5 Å². The molecule has 0 atom stereocenters. The molecule has 118 valence electrons. The highest BCUT2D eigenvalue weighted by molar-refractivity contribution is 14.0. The van der Waals surface area contributed by atoms with Gasteiger partial charge in [-0.05, 0) is 13.0 Å². The molecule has 0 radical (unpaired) electrons. The molecular formula is C15H24IN3O2. The molecule has 1 aromatic rings. The number of benzene rings is 1. The Labute approximate surface area is 143 Å². The number of methoxy groups -OCH3 is 2. The normalized spacial score (nSPS) is 10.3. The zero-order valence-corrected chi connectivity index (χ0v) is 15.1. The van der Waals surface area contributed by atoms with E-state index < -0.39 is 0 Å². The minimum Gasteiger partial charge on any atom is -0.493 e. The molecule has 1 rings (SSSR count). The van der Waals surface area contributed by atoms with Gasteiger partial charge in [0, 0.05) is 18.7 Å². The van der Waals surface area contributed by atoms with E-state index in [0.717, 1.165) is 23.8 Å². The van der Waals surface area contributed by atoms with E-state index in [0.29, 0.717) is 18.8 Å². The van der Waals surface area contributed by atoms with Crippen LogP contribution in [-0.2, 0) is 6.54 Å². The quantitative estimate of drug-likeness (QED) is 0.317. The molecule has 0 bridgehead atoms. The molecule has 0 unspecified atom stereocenters. The van der Waals surface area contributed by atoms with Crippen LogP contribution in [0.25, 0.3) is 0 Å². The van der Waals surface area contributed by atoms with Gasteiger partial charge in [-0.15, -0.1) is 30.6 Å². The Bertz CT molecular complexity index is 464. The fourth-order valence-electron chi connectivity index (χ4n) is 1.75. The van der Waals surface area contributed by atoms with E-state index in [1.165, 1.54) is 0 Å². The van der Waals surface area contributed by atoms with Crippen molar-refractivity contribution in [2.75, 3.05) is 27.3 Å². The monoisotopic (exact) mass is 405 g/mol. The third kappa shape index (κ3) is 6.24. The van der Waals surface area contributed by atoms with Crippen LogP contribution < -0.4 is 20.1 Å². The summed E-state index contributed by atoms with van der Waals surface area (Å²) < 4.78 is 10.7. The number of ether oxygens (including phenoxy) is 2. The van der Waals surface area contributed by atoms with Crippen molar-refractivity contribution in [3.05, 3.63) is 36.4 Å². The first-order chi connectivity index (χ1) is 9.76. The largest absolute Gasteiger partial charge is 0.493 e. The van der Waals surface area contributed by atoms with E-state index in [2.05, 4.69) is 22.2 Å². The van der Waals surface area contributed by atoms with Crippen molar-refractivity contribution in [2.45, 2.75) is 13.5 Å². The number of halogens is 1. The lowest BCUT2D eigenvalue weighted by molar-refractivity contribution is 0.352. The number of guanidine groups is 1. The van der Waals surface area contributed by atoms with E-state index in [1.807, 2.05) is 25.1 Å². The first kappa shape index (κ1) is 19.6. The van der Waals surface area contributed by atoms with Gasteiger partial charge in [0.25, 0.3) is 0 Å². The smallest absolute Gasteiger partial charge is 0.191 e. The van der Waals surface area contributed by atoms with Gasteiger partial charge in [0.2, 0.25) is 0 Å². The lowest BCUT2D eigenvalue weighted by atomic mass is 10.2. The van der Waals surface area contributed by atoms with Crippen molar-refractivity contribution < 1.29 is 9.47 Å². The summed E-state index contributed by atoms with van der Waals surface area (Å²) in [6.07, 6.45) is 1.79. The number of hydrogen-bond acceptors (Lipinski definition) is 3. The maximum atomic E-state index is 5.39. The molecule has 0 saturated carbocycles. The van der Waals surface area contributed by atoms with Crippen LogP contribution in [0.3, 0.4) is 0 Å². The van der Waals surface area contributed by atoms with Crippen molar-refractivity contribution in [1.29, 1.82) is 0 Å². The van der Waals surface area contributed by atoms with Gasteiger partial charge in [-0.1, -0.05) is 18.2 Å². The summed E-state index contributed by atoms with van der Waals surface area (Å²) >= 11 is 0. The molecule has 0 spiro atoms. The topological polar surface area (TPSA) is 54.9 Å².